The molecule has 0 saturated carbocycles. The molecule has 0 unspecified atom stereocenters. The van der Waals surface area contributed by atoms with Crippen molar-refractivity contribution in [2.24, 2.45) is 0 Å². The van der Waals surface area contributed by atoms with Gasteiger partial charge in [-0.3, -0.25) is 0 Å². The van der Waals surface area contributed by atoms with E-state index in [9.17, 15) is 8.42 Å². The SMILES string of the molecule is O=S(=O)(O[PH](CC=Cc1ccccc1)(c1ccccc1)c1ccccc1)c1ccc(Cl)cc1. The Labute approximate surface area is 200 Å². The second-order valence-electron chi connectivity index (χ2n) is 7.57. The van der Waals surface area contributed by atoms with E-state index in [1.54, 1.807) is 12.1 Å². The van der Waals surface area contributed by atoms with Gasteiger partial charge in [-0.1, -0.05) is 0 Å². The summed E-state index contributed by atoms with van der Waals surface area (Å²) in [6, 6.07) is 35.3. The van der Waals surface area contributed by atoms with E-state index < -0.39 is 17.6 Å². The number of allylic oxidation sites excluding steroid dienone is 1. The molecule has 0 heterocycles. The van der Waals surface area contributed by atoms with E-state index in [1.165, 1.54) is 12.1 Å². The predicted molar refractivity (Wildman–Crippen MR) is 141 cm³/mol. The maximum absolute atomic E-state index is 13.5. The number of halogens is 1. The first-order chi connectivity index (χ1) is 16.0. The summed E-state index contributed by atoms with van der Waals surface area (Å²) in [5.74, 6) is 0. The molecule has 0 aliphatic rings. The quantitative estimate of drug-likeness (QED) is 0.279. The van der Waals surface area contributed by atoms with Gasteiger partial charge in [0.1, 0.15) is 0 Å². The molecule has 0 saturated heterocycles. The number of rotatable bonds is 8. The van der Waals surface area contributed by atoms with Crippen molar-refractivity contribution in [1.29, 1.82) is 0 Å². The van der Waals surface area contributed by atoms with Gasteiger partial charge in [0.15, 0.2) is 0 Å². The molecule has 0 bridgehead atoms. The van der Waals surface area contributed by atoms with Gasteiger partial charge in [0.2, 0.25) is 0 Å². The minimum absolute atomic E-state index is 0.0858. The normalized spacial score (nSPS) is 12.6. The van der Waals surface area contributed by atoms with Crippen molar-refractivity contribution in [1.82, 2.24) is 0 Å². The third kappa shape index (κ3) is 5.61. The van der Waals surface area contributed by atoms with Crippen LogP contribution in [0.4, 0.5) is 0 Å². The van der Waals surface area contributed by atoms with Crippen molar-refractivity contribution in [3.63, 3.8) is 0 Å². The molecule has 4 rings (SSSR count). The molecule has 0 spiro atoms. The Morgan fingerprint density at radius 3 is 1.70 bits per heavy atom. The fourth-order valence-corrected chi connectivity index (χ4v) is 9.95. The Bertz CT molecular complexity index is 1270. The zero-order valence-electron chi connectivity index (χ0n) is 17.8. The molecule has 0 aliphatic carbocycles. The van der Waals surface area contributed by atoms with E-state index in [4.69, 9.17) is 15.6 Å². The maximum atomic E-state index is 13.5. The van der Waals surface area contributed by atoms with Crippen LogP contribution < -0.4 is 10.6 Å². The first-order valence-corrected chi connectivity index (χ1v) is 14.4. The number of benzene rings is 4. The van der Waals surface area contributed by atoms with Gasteiger partial charge in [-0.05, 0) is 0 Å². The van der Waals surface area contributed by atoms with Crippen molar-refractivity contribution in [3.05, 3.63) is 132 Å². The van der Waals surface area contributed by atoms with Gasteiger partial charge >= 0.3 is 201 Å². The van der Waals surface area contributed by atoms with Gasteiger partial charge in [0.25, 0.3) is 0 Å². The Kier molecular flexibility index (Phi) is 7.42. The van der Waals surface area contributed by atoms with Crippen molar-refractivity contribution < 1.29 is 12.4 Å². The molecule has 0 atom stereocenters. The molecule has 4 aromatic carbocycles. The van der Waals surface area contributed by atoms with Gasteiger partial charge in [-0.25, -0.2) is 0 Å². The number of hydrogen-bond acceptors (Lipinski definition) is 3. The predicted octanol–water partition coefficient (Wildman–Crippen LogP) is 6.07. The number of hydrogen-bond donors (Lipinski definition) is 0. The third-order valence-corrected chi connectivity index (χ3v) is 11.8. The van der Waals surface area contributed by atoms with E-state index in [-0.39, 0.29) is 4.90 Å². The zero-order valence-corrected chi connectivity index (χ0v) is 20.4. The van der Waals surface area contributed by atoms with Crippen LogP contribution in [0, 0.1) is 0 Å². The third-order valence-electron chi connectivity index (χ3n) is 5.35. The molecular formula is C27H24ClO3PS. The molecule has 6 heteroatoms. The van der Waals surface area contributed by atoms with Gasteiger partial charge in [0.05, 0.1) is 0 Å². The van der Waals surface area contributed by atoms with Crippen molar-refractivity contribution in [2.75, 3.05) is 6.16 Å². The molecule has 0 radical (unpaired) electrons. The van der Waals surface area contributed by atoms with Gasteiger partial charge < -0.3 is 0 Å². The fraction of sp³-hybridized carbons (Fsp3) is 0.0370. The second kappa shape index (κ2) is 10.5. The summed E-state index contributed by atoms with van der Waals surface area (Å²) in [7, 11) is -7.30. The van der Waals surface area contributed by atoms with E-state index in [2.05, 4.69) is 0 Å². The van der Waals surface area contributed by atoms with Crippen molar-refractivity contribution >= 4 is 45.9 Å². The molecule has 0 aliphatic heterocycles. The van der Waals surface area contributed by atoms with Gasteiger partial charge in [-0.15, -0.1) is 0 Å². The van der Waals surface area contributed by atoms with Crippen molar-refractivity contribution in [3.8, 4) is 0 Å². The van der Waals surface area contributed by atoms with Crippen LogP contribution in [0.25, 0.3) is 6.08 Å². The minimum atomic E-state index is -4.06. The second-order valence-corrected chi connectivity index (χ2v) is 13.3. The summed E-state index contributed by atoms with van der Waals surface area (Å²) >= 11 is 5.98. The van der Waals surface area contributed by atoms with Crippen LogP contribution in [0.1, 0.15) is 5.56 Å². The van der Waals surface area contributed by atoms with E-state index in [0.717, 1.165) is 16.2 Å². The molecule has 0 aromatic heterocycles. The molecule has 4 aromatic rings. The molecule has 0 fully saturated rings. The van der Waals surface area contributed by atoms with Crippen LogP contribution >= 0.6 is 19.1 Å². The summed E-state index contributed by atoms with van der Waals surface area (Å²) in [6.07, 6.45) is 4.47. The molecule has 168 valence electrons. The fourth-order valence-electron chi connectivity index (χ4n) is 3.71. The van der Waals surface area contributed by atoms with Crippen LogP contribution in [-0.4, -0.2) is 14.6 Å². The van der Waals surface area contributed by atoms with Gasteiger partial charge in [-0.2, -0.15) is 0 Å². The Hall–Kier alpha value is -2.75. The molecule has 33 heavy (non-hydrogen) atoms. The Morgan fingerprint density at radius 2 is 1.18 bits per heavy atom. The molecule has 0 amide bonds. The average molecular weight is 495 g/mol. The first-order valence-electron chi connectivity index (χ1n) is 10.5. The van der Waals surface area contributed by atoms with Crippen molar-refractivity contribution in [2.45, 2.75) is 4.90 Å². The van der Waals surface area contributed by atoms with Crippen LogP contribution in [0.15, 0.2) is 126 Å². The van der Waals surface area contributed by atoms with Crippen LogP contribution in [0.3, 0.4) is 0 Å². The summed E-state index contributed by atoms with van der Waals surface area (Å²) in [6.45, 7) is 0. The average Bonchev–Trinajstić information content (AvgIpc) is 2.85. The van der Waals surface area contributed by atoms with E-state index in [1.807, 2.05) is 103 Å². The molecule has 3 nitrogen and oxygen atoms in total. The summed E-state index contributed by atoms with van der Waals surface area (Å²) in [5.41, 5.74) is 1.04. The topological polar surface area (TPSA) is 43.4 Å². The van der Waals surface area contributed by atoms with E-state index >= 15 is 0 Å². The first kappa shape index (κ1) is 23.4. The standard InChI is InChI=1S/C27H24ClO3PS/c28-24-18-20-27(21-19-24)33(29,30)31-32(25-14-6-2-7-15-25,26-16-8-3-9-17-26)22-10-13-23-11-4-1-5-12-23/h1-21,32H,22H2. The van der Waals surface area contributed by atoms with Crippen LogP contribution in [0.5, 0.6) is 0 Å². The monoisotopic (exact) mass is 494 g/mol. The Morgan fingerprint density at radius 1 is 0.697 bits per heavy atom. The summed E-state index contributed by atoms with van der Waals surface area (Å²) in [4.78, 5) is 0.0858. The van der Waals surface area contributed by atoms with E-state index in [0.29, 0.717) is 11.2 Å². The van der Waals surface area contributed by atoms with Crippen LogP contribution in [0.2, 0.25) is 5.02 Å². The zero-order chi connectivity index (χ0) is 23.2. The van der Waals surface area contributed by atoms with Crippen LogP contribution in [-0.2, 0) is 14.1 Å². The Balaban J connectivity index is 1.84. The summed E-state index contributed by atoms with van der Waals surface area (Å²) < 4.78 is 33.2. The molecular weight excluding hydrogens is 471 g/mol. The van der Waals surface area contributed by atoms with Gasteiger partial charge in [0, 0.05) is 0 Å². The molecule has 0 N–H and O–H groups in total. The summed E-state index contributed by atoms with van der Waals surface area (Å²) in [5, 5.41) is 2.23.